The summed E-state index contributed by atoms with van der Waals surface area (Å²) in [4.78, 5) is 24.3. The fraction of sp³-hybridized carbons (Fsp3) is 0.412. The predicted octanol–water partition coefficient (Wildman–Crippen LogP) is 2.99. The number of alkyl halides is 3. The summed E-state index contributed by atoms with van der Waals surface area (Å²) in [6.45, 7) is 1.22. The molecule has 8 heteroatoms. The standard InChI is InChI=1S/C17H19F3N2O3/c1-2-8-22(11-17(18,19)20)15(23)10-25-14-5-3-4-13(9-14)21-16(24)12-6-7-12/h2-5,9,12H,1,6-8,10-11H2,(H,21,24). The van der Waals surface area contributed by atoms with Crippen molar-refractivity contribution in [1.29, 1.82) is 0 Å². The first kappa shape index (κ1) is 18.8. The molecular formula is C17H19F3N2O3. The van der Waals surface area contributed by atoms with Crippen molar-refractivity contribution >= 4 is 17.5 Å². The highest BCUT2D eigenvalue weighted by Crippen LogP contribution is 2.30. The third kappa shape index (κ3) is 6.48. The van der Waals surface area contributed by atoms with E-state index in [-0.39, 0.29) is 24.1 Å². The molecule has 136 valence electrons. The van der Waals surface area contributed by atoms with E-state index in [0.29, 0.717) is 10.6 Å². The second-order valence-corrected chi connectivity index (χ2v) is 5.76. The van der Waals surface area contributed by atoms with E-state index in [1.807, 2.05) is 0 Å². The molecule has 0 bridgehead atoms. The number of amides is 2. The summed E-state index contributed by atoms with van der Waals surface area (Å²) >= 11 is 0. The molecule has 1 aromatic rings. The van der Waals surface area contributed by atoms with Crippen LogP contribution in [0.2, 0.25) is 0 Å². The van der Waals surface area contributed by atoms with E-state index in [4.69, 9.17) is 4.74 Å². The van der Waals surface area contributed by atoms with Gasteiger partial charge in [-0.05, 0) is 25.0 Å². The van der Waals surface area contributed by atoms with E-state index < -0.39 is 25.2 Å². The minimum atomic E-state index is -4.49. The van der Waals surface area contributed by atoms with Crippen molar-refractivity contribution < 1.29 is 27.5 Å². The number of rotatable bonds is 8. The largest absolute Gasteiger partial charge is 0.484 e. The van der Waals surface area contributed by atoms with Gasteiger partial charge in [-0.25, -0.2) is 0 Å². The summed E-state index contributed by atoms with van der Waals surface area (Å²) < 4.78 is 42.7. The molecule has 5 nitrogen and oxygen atoms in total. The van der Waals surface area contributed by atoms with Gasteiger partial charge >= 0.3 is 6.18 Å². The predicted molar refractivity (Wildman–Crippen MR) is 86.1 cm³/mol. The van der Waals surface area contributed by atoms with Crippen LogP contribution < -0.4 is 10.1 Å². The molecule has 1 aliphatic carbocycles. The van der Waals surface area contributed by atoms with E-state index in [9.17, 15) is 22.8 Å². The Labute approximate surface area is 143 Å². The van der Waals surface area contributed by atoms with E-state index in [1.54, 1.807) is 18.2 Å². The Bertz CT molecular complexity index is 642. The second-order valence-electron chi connectivity index (χ2n) is 5.76. The number of carbonyl (C=O) groups excluding carboxylic acids is 2. The molecule has 1 saturated carbocycles. The van der Waals surface area contributed by atoms with Crippen LogP contribution in [0.4, 0.5) is 18.9 Å². The van der Waals surface area contributed by atoms with Gasteiger partial charge < -0.3 is 15.0 Å². The second kappa shape index (κ2) is 8.04. The van der Waals surface area contributed by atoms with Gasteiger partial charge in [0.25, 0.3) is 5.91 Å². The number of anilines is 1. The molecule has 25 heavy (non-hydrogen) atoms. The van der Waals surface area contributed by atoms with Gasteiger partial charge in [0.15, 0.2) is 6.61 Å². The minimum absolute atomic E-state index is 0.0426. The van der Waals surface area contributed by atoms with Gasteiger partial charge in [-0.2, -0.15) is 13.2 Å². The first-order valence-electron chi connectivity index (χ1n) is 7.77. The van der Waals surface area contributed by atoms with Crippen molar-refractivity contribution in [1.82, 2.24) is 4.90 Å². The fourth-order valence-electron chi connectivity index (χ4n) is 2.12. The zero-order valence-corrected chi connectivity index (χ0v) is 13.5. The van der Waals surface area contributed by atoms with Gasteiger partial charge in [-0.3, -0.25) is 9.59 Å². The lowest BCUT2D eigenvalue weighted by Crippen LogP contribution is -2.41. The smallest absolute Gasteiger partial charge is 0.406 e. The summed E-state index contributed by atoms with van der Waals surface area (Å²) in [6, 6.07) is 6.37. The molecule has 0 aliphatic heterocycles. The first-order valence-corrected chi connectivity index (χ1v) is 7.77. The number of halogens is 3. The van der Waals surface area contributed by atoms with Crippen LogP contribution in [0, 0.1) is 5.92 Å². The van der Waals surface area contributed by atoms with Crippen LogP contribution in [-0.4, -0.2) is 42.6 Å². The van der Waals surface area contributed by atoms with Crippen molar-refractivity contribution in [3.8, 4) is 5.75 Å². The monoisotopic (exact) mass is 356 g/mol. The van der Waals surface area contributed by atoms with Gasteiger partial charge in [0.05, 0.1) is 0 Å². The van der Waals surface area contributed by atoms with Gasteiger partial charge in [-0.1, -0.05) is 12.1 Å². The Morgan fingerprint density at radius 2 is 2.08 bits per heavy atom. The quantitative estimate of drug-likeness (QED) is 0.729. The summed E-state index contributed by atoms with van der Waals surface area (Å²) in [5.74, 6) is -0.548. The van der Waals surface area contributed by atoms with Crippen molar-refractivity contribution in [2.24, 2.45) is 5.92 Å². The molecule has 0 aromatic heterocycles. The Morgan fingerprint density at radius 3 is 2.68 bits per heavy atom. The van der Waals surface area contributed by atoms with Crippen LogP contribution in [0.25, 0.3) is 0 Å². The summed E-state index contributed by atoms with van der Waals surface area (Å²) in [5, 5.41) is 2.73. The van der Waals surface area contributed by atoms with E-state index >= 15 is 0 Å². The highest BCUT2D eigenvalue weighted by atomic mass is 19.4. The molecule has 0 heterocycles. The number of nitrogens with one attached hydrogen (secondary N) is 1. The lowest BCUT2D eigenvalue weighted by atomic mass is 10.3. The third-order valence-corrected chi connectivity index (χ3v) is 3.48. The maximum absolute atomic E-state index is 12.5. The van der Waals surface area contributed by atoms with Gasteiger partial charge in [-0.15, -0.1) is 6.58 Å². The number of hydrogen-bond donors (Lipinski definition) is 1. The van der Waals surface area contributed by atoms with E-state index in [0.717, 1.165) is 12.8 Å². The van der Waals surface area contributed by atoms with Gasteiger partial charge in [0.2, 0.25) is 5.91 Å². The lowest BCUT2D eigenvalue weighted by molar-refractivity contribution is -0.161. The normalized spacial score (nSPS) is 13.9. The molecule has 1 N–H and O–H groups in total. The van der Waals surface area contributed by atoms with E-state index in [1.165, 1.54) is 12.1 Å². The van der Waals surface area contributed by atoms with Gasteiger partial charge in [0, 0.05) is 24.2 Å². The molecule has 1 fully saturated rings. The molecule has 0 radical (unpaired) electrons. The molecule has 0 atom stereocenters. The lowest BCUT2D eigenvalue weighted by Gasteiger charge is -2.22. The number of hydrogen-bond acceptors (Lipinski definition) is 3. The Hall–Kier alpha value is -2.51. The molecule has 2 amide bonds. The molecule has 0 spiro atoms. The van der Waals surface area contributed by atoms with Crippen molar-refractivity contribution in [3.63, 3.8) is 0 Å². The summed E-state index contributed by atoms with van der Waals surface area (Å²) in [6.07, 6.45) is -1.53. The topological polar surface area (TPSA) is 58.6 Å². The number of ether oxygens (including phenoxy) is 1. The van der Waals surface area contributed by atoms with Crippen LogP contribution in [0.15, 0.2) is 36.9 Å². The summed E-state index contributed by atoms with van der Waals surface area (Å²) in [7, 11) is 0. The van der Waals surface area contributed by atoms with Crippen LogP contribution in [0.1, 0.15) is 12.8 Å². The third-order valence-electron chi connectivity index (χ3n) is 3.48. The average molecular weight is 356 g/mol. The minimum Gasteiger partial charge on any atom is -0.484 e. The van der Waals surface area contributed by atoms with Crippen molar-refractivity contribution in [2.45, 2.75) is 19.0 Å². The molecular weight excluding hydrogens is 337 g/mol. The maximum Gasteiger partial charge on any atom is 0.406 e. The van der Waals surface area contributed by atoms with Crippen LogP contribution in [0.5, 0.6) is 5.75 Å². The number of benzene rings is 1. The Balaban J connectivity index is 1.91. The zero-order valence-electron chi connectivity index (χ0n) is 13.5. The van der Waals surface area contributed by atoms with E-state index in [2.05, 4.69) is 11.9 Å². The molecule has 2 rings (SSSR count). The first-order chi connectivity index (χ1) is 11.8. The molecule has 0 unspecified atom stereocenters. The van der Waals surface area contributed by atoms with Crippen LogP contribution in [-0.2, 0) is 9.59 Å². The molecule has 1 aromatic carbocycles. The maximum atomic E-state index is 12.5. The zero-order chi connectivity index (χ0) is 18.4. The summed E-state index contributed by atoms with van der Waals surface area (Å²) in [5.41, 5.74) is 0.514. The highest BCUT2D eigenvalue weighted by molar-refractivity contribution is 5.94. The van der Waals surface area contributed by atoms with Crippen LogP contribution >= 0.6 is 0 Å². The van der Waals surface area contributed by atoms with Crippen molar-refractivity contribution in [3.05, 3.63) is 36.9 Å². The Kier molecular flexibility index (Phi) is 6.06. The number of carbonyl (C=O) groups is 2. The highest BCUT2D eigenvalue weighted by Gasteiger charge is 2.32. The van der Waals surface area contributed by atoms with Crippen molar-refractivity contribution in [2.75, 3.05) is 25.0 Å². The molecule has 0 saturated heterocycles. The van der Waals surface area contributed by atoms with Crippen LogP contribution in [0.3, 0.4) is 0 Å². The van der Waals surface area contributed by atoms with Gasteiger partial charge in [0.1, 0.15) is 12.3 Å². The molecule has 1 aliphatic rings. The fourth-order valence-corrected chi connectivity index (χ4v) is 2.12. The Morgan fingerprint density at radius 1 is 1.36 bits per heavy atom. The number of nitrogens with zero attached hydrogens (tertiary/aromatic N) is 1. The average Bonchev–Trinajstić information content (AvgIpc) is 3.36. The SMILES string of the molecule is C=CCN(CC(F)(F)F)C(=O)COc1cccc(NC(=O)C2CC2)c1.